The molecular formula is C8H19NO2. The molecule has 1 atom stereocenters. The lowest BCUT2D eigenvalue weighted by atomic mass is 10.3. The molecule has 0 bridgehead atoms. The van der Waals surface area contributed by atoms with E-state index in [9.17, 15) is 0 Å². The van der Waals surface area contributed by atoms with Crippen LogP contribution in [0.15, 0.2) is 0 Å². The molecule has 68 valence electrons. The lowest BCUT2D eigenvalue weighted by Crippen LogP contribution is -2.19. The van der Waals surface area contributed by atoms with E-state index in [2.05, 4.69) is 6.92 Å². The van der Waals surface area contributed by atoms with E-state index >= 15 is 0 Å². The SMILES string of the molecule is CCCCOCC(O)CCN. The predicted molar refractivity (Wildman–Crippen MR) is 45.4 cm³/mol. The van der Waals surface area contributed by atoms with Crippen molar-refractivity contribution in [3.05, 3.63) is 0 Å². The molecule has 0 heterocycles. The summed E-state index contributed by atoms with van der Waals surface area (Å²) in [5.74, 6) is 0. The Morgan fingerprint density at radius 1 is 1.55 bits per heavy atom. The number of unbranched alkanes of at least 4 members (excludes halogenated alkanes) is 1. The van der Waals surface area contributed by atoms with Gasteiger partial charge in [-0.05, 0) is 19.4 Å². The van der Waals surface area contributed by atoms with Crippen LogP contribution in [0.2, 0.25) is 0 Å². The molecule has 0 aromatic heterocycles. The lowest BCUT2D eigenvalue weighted by Gasteiger charge is -2.08. The van der Waals surface area contributed by atoms with Gasteiger partial charge in [-0.3, -0.25) is 0 Å². The quantitative estimate of drug-likeness (QED) is 0.535. The van der Waals surface area contributed by atoms with Gasteiger partial charge in [-0.1, -0.05) is 13.3 Å². The Hall–Kier alpha value is -0.120. The first-order valence-corrected chi connectivity index (χ1v) is 4.27. The van der Waals surface area contributed by atoms with Crippen molar-refractivity contribution in [1.82, 2.24) is 0 Å². The minimum absolute atomic E-state index is 0.378. The summed E-state index contributed by atoms with van der Waals surface area (Å²) in [5, 5.41) is 9.14. The second-order valence-corrected chi connectivity index (χ2v) is 2.66. The van der Waals surface area contributed by atoms with E-state index in [0.717, 1.165) is 19.4 Å². The Morgan fingerprint density at radius 3 is 2.82 bits per heavy atom. The predicted octanol–water partition coefficient (Wildman–Crippen LogP) is 0.513. The first kappa shape index (κ1) is 10.9. The summed E-state index contributed by atoms with van der Waals surface area (Å²) in [6.45, 7) is 3.81. The Bertz CT molecular complexity index is 78.5. The summed E-state index contributed by atoms with van der Waals surface area (Å²) in [6.07, 6.45) is 2.45. The fourth-order valence-corrected chi connectivity index (χ4v) is 0.741. The van der Waals surface area contributed by atoms with E-state index in [1.165, 1.54) is 0 Å². The molecule has 0 aliphatic heterocycles. The second-order valence-electron chi connectivity index (χ2n) is 2.66. The van der Waals surface area contributed by atoms with Gasteiger partial charge in [0.1, 0.15) is 0 Å². The van der Waals surface area contributed by atoms with Crippen LogP contribution in [0.1, 0.15) is 26.2 Å². The largest absolute Gasteiger partial charge is 0.391 e. The first-order valence-electron chi connectivity index (χ1n) is 4.27. The highest BCUT2D eigenvalue weighted by molar-refractivity contribution is 4.53. The summed E-state index contributed by atoms with van der Waals surface area (Å²) in [6, 6.07) is 0. The molecule has 0 fully saturated rings. The number of aliphatic hydroxyl groups is 1. The molecule has 0 aromatic rings. The molecule has 0 saturated heterocycles. The molecule has 3 heteroatoms. The molecular weight excluding hydrogens is 142 g/mol. The molecule has 0 rings (SSSR count). The highest BCUT2D eigenvalue weighted by atomic mass is 16.5. The van der Waals surface area contributed by atoms with E-state index in [1.54, 1.807) is 0 Å². The Morgan fingerprint density at radius 2 is 2.27 bits per heavy atom. The molecule has 0 saturated carbocycles. The van der Waals surface area contributed by atoms with Crippen molar-refractivity contribution in [3.8, 4) is 0 Å². The van der Waals surface area contributed by atoms with Gasteiger partial charge in [-0.15, -0.1) is 0 Å². The summed E-state index contributed by atoms with van der Waals surface area (Å²) >= 11 is 0. The number of aliphatic hydroxyl groups excluding tert-OH is 1. The van der Waals surface area contributed by atoms with Gasteiger partial charge in [0.25, 0.3) is 0 Å². The van der Waals surface area contributed by atoms with E-state index < -0.39 is 0 Å². The van der Waals surface area contributed by atoms with Gasteiger partial charge < -0.3 is 15.6 Å². The summed E-state index contributed by atoms with van der Waals surface area (Å²) in [7, 11) is 0. The number of nitrogens with two attached hydrogens (primary N) is 1. The molecule has 3 N–H and O–H groups in total. The van der Waals surface area contributed by atoms with E-state index in [1.807, 2.05) is 0 Å². The smallest absolute Gasteiger partial charge is 0.0785 e. The topological polar surface area (TPSA) is 55.5 Å². The van der Waals surface area contributed by atoms with Crippen molar-refractivity contribution in [2.24, 2.45) is 5.73 Å². The van der Waals surface area contributed by atoms with Gasteiger partial charge in [0, 0.05) is 6.61 Å². The Balaban J connectivity index is 2.97. The van der Waals surface area contributed by atoms with Crippen molar-refractivity contribution >= 4 is 0 Å². The average molecular weight is 161 g/mol. The maximum atomic E-state index is 9.14. The van der Waals surface area contributed by atoms with Crippen LogP contribution in [-0.4, -0.2) is 31.0 Å². The average Bonchev–Trinajstić information content (AvgIpc) is 1.99. The van der Waals surface area contributed by atoms with Gasteiger partial charge in [0.2, 0.25) is 0 Å². The fourth-order valence-electron chi connectivity index (χ4n) is 0.741. The summed E-state index contributed by atoms with van der Waals surface area (Å²) in [5.41, 5.74) is 5.24. The monoisotopic (exact) mass is 161 g/mol. The van der Waals surface area contributed by atoms with Crippen molar-refractivity contribution in [2.75, 3.05) is 19.8 Å². The van der Waals surface area contributed by atoms with Gasteiger partial charge in [0.15, 0.2) is 0 Å². The number of rotatable bonds is 7. The normalized spacial score (nSPS) is 13.4. The molecule has 0 aliphatic carbocycles. The molecule has 0 aromatic carbocycles. The zero-order valence-electron chi connectivity index (χ0n) is 7.25. The van der Waals surface area contributed by atoms with Crippen LogP contribution in [-0.2, 0) is 4.74 Å². The molecule has 1 unspecified atom stereocenters. The third-order valence-corrected chi connectivity index (χ3v) is 1.45. The van der Waals surface area contributed by atoms with Crippen LogP contribution in [0.4, 0.5) is 0 Å². The van der Waals surface area contributed by atoms with Crippen molar-refractivity contribution < 1.29 is 9.84 Å². The summed E-state index contributed by atoms with van der Waals surface area (Å²) < 4.78 is 5.18. The van der Waals surface area contributed by atoms with E-state index in [-0.39, 0.29) is 6.10 Å². The minimum Gasteiger partial charge on any atom is -0.391 e. The van der Waals surface area contributed by atoms with Crippen LogP contribution >= 0.6 is 0 Å². The molecule has 0 spiro atoms. The van der Waals surface area contributed by atoms with Gasteiger partial charge in [-0.25, -0.2) is 0 Å². The number of hydrogen-bond acceptors (Lipinski definition) is 3. The molecule has 0 aliphatic rings. The first-order chi connectivity index (χ1) is 5.31. The Labute approximate surface area is 68.5 Å². The fraction of sp³-hybridized carbons (Fsp3) is 1.00. The maximum absolute atomic E-state index is 9.14. The number of hydrogen-bond donors (Lipinski definition) is 2. The zero-order chi connectivity index (χ0) is 8.53. The zero-order valence-corrected chi connectivity index (χ0v) is 7.25. The maximum Gasteiger partial charge on any atom is 0.0785 e. The highest BCUT2D eigenvalue weighted by Crippen LogP contribution is 1.93. The van der Waals surface area contributed by atoms with Crippen LogP contribution in [0.25, 0.3) is 0 Å². The van der Waals surface area contributed by atoms with Crippen molar-refractivity contribution in [3.63, 3.8) is 0 Å². The van der Waals surface area contributed by atoms with E-state index in [0.29, 0.717) is 19.6 Å². The van der Waals surface area contributed by atoms with Crippen LogP contribution < -0.4 is 5.73 Å². The molecule has 0 radical (unpaired) electrons. The molecule has 11 heavy (non-hydrogen) atoms. The van der Waals surface area contributed by atoms with Crippen LogP contribution in [0, 0.1) is 0 Å². The standard InChI is InChI=1S/C8H19NO2/c1-2-3-6-11-7-8(10)4-5-9/h8,10H,2-7,9H2,1H3. The third kappa shape index (κ3) is 7.78. The highest BCUT2D eigenvalue weighted by Gasteiger charge is 2.00. The molecule has 3 nitrogen and oxygen atoms in total. The second kappa shape index (κ2) is 7.98. The minimum atomic E-state index is -0.378. The number of ether oxygens (including phenoxy) is 1. The Kier molecular flexibility index (Phi) is 7.89. The van der Waals surface area contributed by atoms with Crippen molar-refractivity contribution in [2.45, 2.75) is 32.3 Å². The molecule has 0 amide bonds. The van der Waals surface area contributed by atoms with E-state index in [4.69, 9.17) is 15.6 Å². The lowest BCUT2D eigenvalue weighted by molar-refractivity contribution is 0.0328. The van der Waals surface area contributed by atoms with Crippen LogP contribution in [0.5, 0.6) is 0 Å². The third-order valence-electron chi connectivity index (χ3n) is 1.45. The van der Waals surface area contributed by atoms with Gasteiger partial charge in [0.05, 0.1) is 12.7 Å². The van der Waals surface area contributed by atoms with Gasteiger partial charge in [-0.2, -0.15) is 0 Å². The summed E-state index contributed by atoms with van der Waals surface area (Å²) in [4.78, 5) is 0. The van der Waals surface area contributed by atoms with Crippen LogP contribution in [0.3, 0.4) is 0 Å². The van der Waals surface area contributed by atoms with Crippen molar-refractivity contribution in [1.29, 1.82) is 0 Å². The van der Waals surface area contributed by atoms with Gasteiger partial charge >= 0.3 is 0 Å².